The molecule has 2 aliphatic rings. The van der Waals surface area contributed by atoms with E-state index in [9.17, 15) is 19.5 Å². The van der Waals surface area contributed by atoms with Gasteiger partial charge in [0.05, 0.1) is 19.6 Å². The number of allylic oxidation sites excluding steroid dienone is 1. The predicted octanol–water partition coefficient (Wildman–Crippen LogP) is 5.32. The first kappa shape index (κ1) is 24.5. The highest BCUT2D eigenvalue weighted by molar-refractivity contribution is 5.98. The number of ketones is 1. The first-order valence-electron chi connectivity index (χ1n) is 12.0. The van der Waals surface area contributed by atoms with Crippen LogP contribution in [0.25, 0.3) is 6.08 Å². The summed E-state index contributed by atoms with van der Waals surface area (Å²) >= 11 is 0. The zero-order chi connectivity index (χ0) is 24.9. The van der Waals surface area contributed by atoms with Crippen molar-refractivity contribution in [3.63, 3.8) is 0 Å². The van der Waals surface area contributed by atoms with E-state index >= 15 is 0 Å². The lowest BCUT2D eigenvalue weighted by Gasteiger charge is -2.27. The van der Waals surface area contributed by atoms with Gasteiger partial charge in [-0.3, -0.25) is 9.59 Å². The van der Waals surface area contributed by atoms with Gasteiger partial charge in [0.15, 0.2) is 0 Å². The number of carbonyl (C=O) groups is 3. The monoisotopic (exact) mass is 478 g/mol. The third kappa shape index (κ3) is 5.56. The number of phenols is 1. The summed E-state index contributed by atoms with van der Waals surface area (Å²) in [6.45, 7) is 1.78. The maximum absolute atomic E-state index is 13.2. The molecule has 0 saturated heterocycles. The van der Waals surface area contributed by atoms with E-state index in [1.807, 2.05) is 18.2 Å². The first-order chi connectivity index (χ1) is 16.9. The van der Waals surface area contributed by atoms with Crippen LogP contribution in [0.3, 0.4) is 0 Å². The Hall–Kier alpha value is -3.61. The van der Waals surface area contributed by atoms with Crippen LogP contribution in [0.5, 0.6) is 17.2 Å². The Labute approximate surface area is 204 Å². The Kier molecular flexibility index (Phi) is 7.54. The molecule has 1 N–H and O–H groups in total. The standard InChI is InChI=1S/C28H30O7/c1-17-7-6-10-20(29)9-5-3-4-8-19-15-23-26(27(31)25(19)28(32)34-17)22(16-24(30)35-23)18-11-13-21(33-2)14-12-18/h4,8,11-15,17,22,31H,3,5-7,9-10,16H2,1-2H3/b8-4+/t17-,22?/m0/s1. The minimum absolute atomic E-state index is 0.0288. The molecule has 184 valence electrons. The van der Waals surface area contributed by atoms with E-state index in [-0.39, 0.29) is 29.3 Å². The molecule has 0 saturated carbocycles. The Bertz CT molecular complexity index is 1150. The summed E-state index contributed by atoms with van der Waals surface area (Å²) in [5.74, 6) is -0.697. The maximum atomic E-state index is 13.2. The Morgan fingerprint density at radius 2 is 1.80 bits per heavy atom. The number of hydrogen-bond acceptors (Lipinski definition) is 7. The summed E-state index contributed by atoms with van der Waals surface area (Å²) in [6.07, 6.45) is 6.69. The van der Waals surface area contributed by atoms with Crippen LogP contribution < -0.4 is 9.47 Å². The summed E-state index contributed by atoms with van der Waals surface area (Å²) in [4.78, 5) is 37.7. The van der Waals surface area contributed by atoms with Gasteiger partial charge >= 0.3 is 11.9 Å². The van der Waals surface area contributed by atoms with Crippen molar-refractivity contribution >= 4 is 23.8 Å². The third-order valence-electron chi connectivity index (χ3n) is 6.50. The van der Waals surface area contributed by atoms with Gasteiger partial charge in [0, 0.05) is 24.3 Å². The fraction of sp³-hybridized carbons (Fsp3) is 0.393. The van der Waals surface area contributed by atoms with Crippen molar-refractivity contribution in [3.8, 4) is 17.2 Å². The molecule has 0 aliphatic carbocycles. The second-order valence-corrected chi connectivity index (χ2v) is 9.05. The Balaban J connectivity index is 1.79. The molecular formula is C28H30O7. The van der Waals surface area contributed by atoms with Crippen molar-refractivity contribution < 1.29 is 33.7 Å². The number of rotatable bonds is 2. The number of carbonyl (C=O) groups excluding carboxylic acids is 3. The SMILES string of the molecule is COc1ccc(C2CC(=O)Oc3cc4c(c(O)c32)C(=O)O[C@@H](C)CCCC(=O)CCC/C=C/4)cc1. The molecular weight excluding hydrogens is 448 g/mol. The van der Waals surface area contributed by atoms with Crippen LogP contribution >= 0.6 is 0 Å². The number of methoxy groups -OCH3 is 1. The molecule has 0 fully saturated rings. The average Bonchev–Trinajstić information content (AvgIpc) is 2.82. The molecule has 0 radical (unpaired) electrons. The lowest BCUT2D eigenvalue weighted by Crippen LogP contribution is -2.23. The normalized spacial score (nSPS) is 22.2. The van der Waals surface area contributed by atoms with Crippen molar-refractivity contribution in [2.45, 2.75) is 63.9 Å². The van der Waals surface area contributed by atoms with Gasteiger partial charge in [0.25, 0.3) is 0 Å². The lowest BCUT2D eigenvalue weighted by atomic mass is 9.83. The molecule has 2 atom stereocenters. The quantitative estimate of drug-likeness (QED) is 0.460. The zero-order valence-electron chi connectivity index (χ0n) is 20.0. The highest BCUT2D eigenvalue weighted by Gasteiger charge is 2.35. The molecule has 7 heteroatoms. The fourth-order valence-corrected chi connectivity index (χ4v) is 4.64. The van der Waals surface area contributed by atoms with Crippen molar-refractivity contribution in [3.05, 3.63) is 58.7 Å². The molecule has 0 spiro atoms. The van der Waals surface area contributed by atoms with E-state index in [1.54, 1.807) is 38.3 Å². The maximum Gasteiger partial charge on any atom is 0.342 e. The van der Waals surface area contributed by atoms with Gasteiger partial charge in [-0.15, -0.1) is 0 Å². The molecule has 2 aliphatic heterocycles. The van der Waals surface area contributed by atoms with Crippen molar-refractivity contribution in [2.75, 3.05) is 7.11 Å². The van der Waals surface area contributed by atoms with Gasteiger partial charge in [-0.25, -0.2) is 4.79 Å². The van der Waals surface area contributed by atoms with Gasteiger partial charge in [0.1, 0.15) is 28.6 Å². The number of fused-ring (bicyclic) bond motifs is 2. The molecule has 0 aromatic heterocycles. The number of cyclic esters (lactones) is 1. The van der Waals surface area contributed by atoms with Crippen LogP contribution in [0.4, 0.5) is 0 Å². The highest BCUT2D eigenvalue weighted by Crippen LogP contribution is 2.47. The Morgan fingerprint density at radius 1 is 1.06 bits per heavy atom. The summed E-state index contributed by atoms with van der Waals surface area (Å²) in [6, 6.07) is 8.85. The van der Waals surface area contributed by atoms with Gasteiger partial charge in [-0.2, -0.15) is 0 Å². The van der Waals surface area contributed by atoms with Crippen LogP contribution in [0.2, 0.25) is 0 Å². The smallest absolute Gasteiger partial charge is 0.342 e. The topological polar surface area (TPSA) is 99.1 Å². The van der Waals surface area contributed by atoms with Crippen molar-refractivity contribution in [2.24, 2.45) is 0 Å². The number of aromatic hydroxyl groups is 1. The Morgan fingerprint density at radius 3 is 2.54 bits per heavy atom. The summed E-state index contributed by atoms with van der Waals surface area (Å²) in [7, 11) is 1.57. The number of esters is 2. The van der Waals surface area contributed by atoms with E-state index in [0.29, 0.717) is 55.4 Å². The van der Waals surface area contributed by atoms with Gasteiger partial charge in [-0.05, 0) is 61.9 Å². The predicted molar refractivity (Wildman–Crippen MR) is 130 cm³/mol. The summed E-state index contributed by atoms with van der Waals surface area (Å²) in [5.41, 5.74) is 1.64. The molecule has 2 aromatic rings. The number of benzene rings is 2. The van der Waals surface area contributed by atoms with Crippen molar-refractivity contribution in [1.82, 2.24) is 0 Å². The molecule has 35 heavy (non-hydrogen) atoms. The van der Waals surface area contributed by atoms with Crippen LogP contribution in [0.1, 0.15) is 84.8 Å². The van der Waals surface area contributed by atoms with Crippen LogP contribution in [-0.2, 0) is 14.3 Å². The van der Waals surface area contributed by atoms with E-state index in [2.05, 4.69) is 0 Å². The van der Waals surface area contributed by atoms with Crippen molar-refractivity contribution in [1.29, 1.82) is 0 Å². The molecule has 7 nitrogen and oxygen atoms in total. The molecule has 4 rings (SSSR count). The molecule has 0 amide bonds. The van der Waals surface area contributed by atoms with E-state index in [0.717, 1.165) is 5.56 Å². The molecule has 1 unspecified atom stereocenters. The minimum atomic E-state index is -0.647. The number of Topliss-reactive ketones (excluding diaryl/α,β-unsaturated/α-hetero) is 1. The van der Waals surface area contributed by atoms with E-state index in [4.69, 9.17) is 14.2 Å². The largest absolute Gasteiger partial charge is 0.507 e. The zero-order valence-corrected chi connectivity index (χ0v) is 20.0. The van der Waals surface area contributed by atoms with E-state index < -0.39 is 24.0 Å². The second-order valence-electron chi connectivity index (χ2n) is 9.05. The van der Waals surface area contributed by atoms with Gasteiger partial charge < -0.3 is 19.3 Å². The van der Waals surface area contributed by atoms with Crippen LogP contribution in [-0.4, -0.2) is 36.0 Å². The van der Waals surface area contributed by atoms with Crippen LogP contribution in [0.15, 0.2) is 36.4 Å². The third-order valence-corrected chi connectivity index (χ3v) is 6.50. The number of ether oxygens (including phenoxy) is 3. The number of phenolic OH excluding ortho intramolecular Hbond substituents is 1. The first-order valence-corrected chi connectivity index (χ1v) is 12.0. The average molecular weight is 479 g/mol. The lowest BCUT2D eigenvalue weighted by molar-refractivity contribution is -0.135. The van der Waals surface area contributed by atoms with Gasteiger partial charge in [-0.1, -0.05) is 24.3 Å². The summed E-state index contributed by atoms with van der Waals surface area (Å²) < 4.78 is 16.4. The second kappa shape index (κ2) is 10.8. The summed E-state index contributed by atoms with van der Waals surface area (Å²) in [5, 5.41) is 11.4. The molecule has 2 heterocycles. The minimum Gasteiger partial charge on any atom is -0.507 e. The van der Waals surface area contributed by atoms with Crippen LogP contribution in [0, 0.1) is 0 Å². The fourth-order valence-electron chi connectivity index (χ4n) is 4.64. The molecule has 2 aromatic carbocycles. The van der Waals surface area contributed by atoms with E-state index in [1.165, 1.54) is 0 Å². The van der Waals surface area contributed by atoms with Gasteiger partial charge in [0.2, 0.25) is 0 Å². The highest BCUT2D eigenvalue weighted by atomic mass is 16.5. The number of hydrogen-bond donors (Lipinski definition) is 1. The molecule has 0 bridgehead atoms.